The Kier molecular flexibility index (Phi) is 6.11. The maximum Gasteiger partial charge on any atom is 0.243 e. The number of methoxy groups -OCH3 is 1. The number of aliphatic hydroxyl groups excluding tert-OH is 1. The molecule has 0 unspecified atom stereocenters. The molecule has 1 saturated heterocycles. The Labute approximate surface area is 223 Å². The summed E-state index contributed by atoms with van der Waals surface area (Å²) in [7, 11) is 0.0755. The Balaban J connectivity index is 1.46. The summed E-state index contributed by atoms with van der Waals surface area (Å²) >= 11 is 0. The Morgan fingerprint density at radius 2 is 1.71 bits per heavy atom. The molecular weight excluding hydrogens is 498 g/mol. The topological polar surface area (TPSA) is 75.0 Å². The number of aromatic nitrogens is 1. The number of sulfonamides is 1. The van der Waals surface area contributed by atoms with Crippen LogP contribution in [0.1, 0.15) is 28.4 Å². The second-order valence-electron chi connectivity index (χ2n) is 10.7. The fourth-order valence-corrected chi connectivity index (χ4v) is 7.98. The van der Waals surface area contributed by atoms with Gasteiger partial charge in [0.05, 0.1) is 30.2 Å². The van der Waals surface area contributed by atoms with Gasteiger partial charge in [-0.15, -0.1) is 0 Å². The number of aryl methyl sites for hydroxylation is 2. The molecule has 4 aromatic rings. The zero-order chi connectivity index (χ0) is 26.7. The van der Waals surface area contributed by atoms with Gasteiger partial charge in [-0.25, -0.2) is 8.42 Å². The standard InChI is InChI=1S/C30H33N3O4S/c1-21-9-12-24(13-10-21)38(35,36)33-19-30(20-33)18-32(16-22-7-5-4-6-8-22)27(17-34)29-28(30)25-14-11-23(37-3)15-26(25)31(29)2/h4-15,27,34H,16-20H2,1-3H3/t27-/m0/s1. The fourth-order valence-electron chi connectivity index (χ4n) is 6.36. The van der Waals surface area contributed by atoms with E-state index in [-0.39, 0.29) is 18.1 Å². The lowest BCUT2D eigenvalue weighted by molar-refractivity contribution is 0.0241. The molecule has 198 valence electrons. The van der Waals surface area contributed by atoms with Crippen molar-refractivity contribution in [2.75, 3.05) is 33.4 Å². The Morgan fingerprint density at radius 1 is 1.00 bits per heavy atom. The Morgan fingerprint density at radius 3 is 2.37 bits per heavy atom. The number of aliphatic hydroxyl groups is 1. The van der Waals surface area contributed by atoms with Gasteiger partial charge in [0.15, 0.2) is 0 Å². The van der Waals surface area contributed by atoms with E-state index in [1.54, 1.807) is 23.5 Å². The van der Waals surface area contributed by atoms with E-state index in [0.29, 0.717) is 31.1 Å². The van der Waals surface area contributed by atoms with Crippen LogP contribution in [0.3, 0.4) is 0 Å². The van der Waals surface area contributed by atoms with Gasteiger partial charge in [0.2, 0.25) is 10.0 Å². The average molecular weight is 532 g/mol. The minimum atomic E-state index is -3.61. The maximum absolute atomic E-state index is 13.6. The lowest BCUT2D eigenvalue weighted by Gasteiger charge is -2.55. The minimum absolute atomic E-state index is 0.0252. The number of nitrogens with zero attached hydrogens (tertiary/aromatic N) is 3. The molecule has 0 amide bonds. The van der Waals surface area contributed by atoms with Gasteiger partial charge in [0.25, 0.3) is 0 Å². The third-order valence-corrected chi connectivity index (χ3v) is 10.1. The van der Waals surface area contributed by atoms with Crippen LogP contribution in [0.2, 0.25) is 0 Å². The molecule has 0 bridgehead atoms. The van der Waals surface area contributed by atoms with Crippen LogP contribution in [0.15, 0.2) is 77.7 Å². The van der Waals surface area contributed by atoms with Crippen LogP contribution in [0, 0.1) is 6.92 Å². The van der Waals surface area contributed by atoms with Crippen LogP contribution < -0.4 is 4.74 Å². The number of ether oxygens (including phenoxy) is 1. The van der Waals surface area contributed by atoms with E-state index >= 15 is 0 Å². The fraction of sp³-hybridized carbons (Fsp3) is 0.333. The van der Waals surface area contributed by atoms with Gasteiger partial charge in [0.1, 0.15) is 5.75 Å². The van der Waals surface area contributed by atoms with Gasteiger partial charge in [-0.05, 0) is 42.3 Å². The zero-order valence-corrected chi connectivity index (χ0v) is 22.8. The molecule has 1 N–H and O–H groups in total. The summed E-state index contributed by atoms with van der Waals surface area (Å²) in [6.45, 7) is 4.04. The first-order valence-corrected chi connectivity index (χ1v) is 14.3. The molecule has 3 heterocycles. The molecule has 0 radical (unpaired) electrons. The number of hydrogen-bond acceptors (Lipinski definition) is 5. The van der Waals surface area contributed by atoms with Crippen molar-refractivity contribution in [3.05, 3.63) is 95.2 Å². The van der Waals surface area contributed by atoms with Crippen LogP contribution in [-0.4, -0.2) is 60.6 Å². The van der Waals surface area contributed by atoms with Crippen molar-refractivity contribution in [2.45, 2.75) is 29.8 Å². The van der Waals surface area contributed by atoms with E-state index in [0.717, 1.165) is 39.0 Å². The molecule has 1 fully saturated rings. The molecule has 3 aromatic carbocycles. The van der Waals surface area contributed by atoms with Gasteiger partial charge in [-0.2, -0.15) is 4.31 Å². The molecule has 7 nitrogen and oxygen atoms in total. The number of fused-ring (bicyclic) bond motifs is 4. The minimum Gasteiger partial charge on any atom is -0.497 e. The third kappa shape index (κ3) is 3.86. The number of rotatable bonds is 6. The second kappa shape index (κ2) is 9.24. The molecule has 8 heteroatoms. The maximum atomic E-state index is 13.6. The van der Waals surface area contributed by atoms with Crippen molar-refractivity contribution >= 4 is 20.9 Å². The highest BCUT2D eigenvalue weighted by atomic mass is 32.2. The smallest absolute Gasteiger partial charge is 0.243 e. The molecular formula is C30H33N3O4S. The van der Waals surface area contributed by atoms with Crippen LogP contribution in [0.25, 0.3) is 10.9 Å². The lowest BCUT2D eigenvalue weighted by Crippen LogP contribution is -2.67. The molecule has 0 saturated carbocycles. The van der Waals surface area contributed by atoms with Crippen molar-refractivity contribution < 1.29 is 18.3 Å². The molecule has 38 heavy (non-hydrogen) atoms. The Bertz CT molecular complexity index is 1590. The van der Waals surface area contributed by atoms with Crippen molar-refractivity contribution in [3.63, 3.8) is 0 Å². The molecule has 6 rings (SSSR count). The van der Waals surface area contributed by atoms with Crippen LogP contribution in [0.5, 0.6) is 5.75 Å². The van der Waals surface area contributed by atoms with Gasteiger partial charge >= 0.3 is 0 Å². The highest BCUT2D eigenvalue weighted by Crippen LogP contribution is 2.51. The highest BCUT2D eigenvalue weighted by Gasteiger charge is 2.56. The summed E-state index contributed by atoms with van der Waals surface area (Å²) in [6, 6.07) is 23.2. The summed E-state index contributed by atoms with van der Waals surface area (Å²) in [4.78, 5) is 2.63. The van der Waals surface area contributed by atoms with Crippen molar-refractivity contribution in [2.24, 2.45) is 7.05 Å². The molecule has 2 aliphatic rings. The second-order valence-corrected chi connectivity index (χ2v) is 12.6. The van der Waals surface area contributed by atoms with Gasteiger partial charge < -0.3 is 14.4 Å². The number of benzene rings is 3. The average Bonchev–Trinajstić information content (AvgIpc) is 3.19. The van der Waals surface area contributed by atoms with E-state index < -0.39 is 10.0 Å². The van der Waals surface area contributed by atoms with Crippen LogP contribution in [0.4, 0.5) is 0 Å². The molecule has 2 aliphatic heterocycles. The third-order valence-electron chi connectivity index (χ3n) is 8.26. The lowest BCUT2D eigenvalue weighted by atomic mass is 9.70. The predicted molar refractivity (Wildman–Crippen MR) is 148 cm³/mol. The van der Waals surface area contributed by atoms with E-state index in [1.165, 1.54) is 0 Å². The summed E-state index contributed by atoms with van der Waals surface area (Å²) in [6.07, 6.45) is 0. The normalized spacial score (nSPS) is 19.4. The Hall–Kier alpha value is -3.17. The van der Waals surface area contributed by atoms with Crippen LogP contribution >= 0.6 is 0 Å². The summed E-state index contributed by atoms with van der Waals surface area (Å²) in [5, 5.41) is 11.8. The van der Waals surface area contributed by atoms with Gasteiger partial charge in [-0.1, -0.05) is 48.0 Å². The first-order valence-electron chi connectivity index (χ1n) is 12.9. The first kappa shape index (κ1) is 25.1. The van der Waals surface area contributed by atoms with E-state index in [2.05, 4.69) is 27.7 Å². The first-order chi connectivity index (χ1) is 18.3. The summed E-state index contributed by atoms with van der Waals surface area (Å²) in [5.41, 5.74) is 5.02. The number of hydrogen-bond donors (Lipinski definition) is 1. The van der Waals surface area contributed by atoms with Gasteiger partial charge in [-0.3, -0.25) is 4.90 Å². The van der Waals surface area contributed by atoms with Gasteiger partial charge in [0, 0.05) is 55.8 Å². The quantitative estimate of drug-likeness (QED) is 0.407. The van der Waals surface area contributed by atoms with E-state index in [4.69, 9.17) is 4.74 Å². The van der Waals surface area contributed by atoms with E-state index in [9.17, 15) is 13.5 Å². The predicted octanol–water partition coefficient (Wildman–Crippen LogP) is 3.99. The SMILES string of the molecule is COc1ccc2c3c(n(C)c2c1)[C@H](CO)N(Cc1ccccc1)CC31CN(S(=O)(=O)c2ccc(C)cc2)C1. The molecule has 1 atom stereocenters. The van der Waals surface area contributed by atoms with Crippen LogP contribution in [-0.2, 0) is 29.0 Å². The van der Waals surface area contributed by atoms with Crippen molar-refractivity contribution in [1.82, 2.24) is 13.8 Å². The van der Waals surface area contributed by atoms with E-state index in [1.807, 2.05) is 56.4 Å². The van der Waals surface area contributed by atoms with Crippen molar-refractivity contribution in [1.29, 1.82) is 0 Å². The zero-order valence-electron chi connectivity index (χ0n) is 22.0. The molecule has 1 spiro atoms. The monoisotopic (exact) mass is 531 g/mol. The molecule has 0 aliphatic carbocycles. The summed E-state index contributed by atoms with van der Waals surface area (Å²) < 4.78 is 36.4. The largest absolute Gasteiger partial charge is 0.497 e. The van der Waals surface area contributed by atoms with Crippen molar-refractivity contribution in [3.8, 4) is 5.75 Å². The molecule has 1 aromatic heterocycles. The highest BCUT2D eigenvalue weighted by molar-refractivity contribution is 7.89. The summed E-state index contributed by atoms with van der Waals surface area (Å²) in [5.74, 6) is 0.767.